The Kier molecular flexibility index (Phi) is 4.07. The maximum absolute atomic E-state index is 11.6. The van der Waals surface area contributed by atoms with Gasteiger partial charge in [0.2, 0.25) is 6.79 Å². The molecular weight excluding hydrogens is 232 g/mol. The normalized spacial score (nSPS) is 14.3. The molecule has 1 aromatic carbocycles. The van der Waals surface area contributed by atoms with E-state index in [1.54, 1.807) is 0 Å². The highest BCUT2D eigenvalue weighted by Gasteiger charge is 2.19. The van der Waals surface area contributed by atoms with Gasteiger partial charge in [0.25, 0.3) is 0 Å². The Morgan fingerprint density at radius 1 is 1.44 bits per heavy atom. The van der Waals surface area contributed by atoms with Crippen LogP contribution in [0.5, 0.6) is 11.5 Å². The molecule has 0 amide bonds. The van der Waals surface area contributed by atoms with Crippen molar-refractivity contribution in [1.29, 1.82) is 0 Å². The van der Waals surface area contributed by atoms with Crippen molar-refractivity contribution < 1.29 is 19.0 Å². The molecular formula is C14H18O4. The topological polar surface area (TPSA) is 44.8 Å². The number of carbonyl (C=O) groups is 1. The number of esters is 1. The number of ether oxygens (including phenoxy) is 3. The molecule has 0 spiro atoms. The quantitative estimate of drug-likeness (QED) is 0.754. The monoisotopic (exact) mass is 250 g/mol. The first-order valence-electron chi connectivity index (χ1n) is 6.26. The molecule has 0 saturated carbocycles. The first kappa shape index (κ1) is 12.7. The molecule has 0 saturated heterocycles. The van der Waals surface area contributed by atoms with Crippen molar-refractivity contribution in [2.45, 2.75) is 32.6 Å². The smallest absolute Gasteiger partial charge is 0.306 e. The first-order chi connectivity index (χ1) is 8.70. The van der Waals surface area contributed by atoms with Crippen LogP contribution in [0.3, 0.4) is 0 Å². The summed E-state index contributed by atoms with van der Waals surface area (Å²) in [5.41, 5.74) is 1.02. The van der Waals surface area contributed by atoms with E-state index in [1.807, 2.05) is 32.0 Å². The fourth-order valence-electron chi connectivity index (χ4n) is 1.93. The highest BCUT2D eigenvalue weighted by atomic mass is 16.7. The summed E-state index contributed by atoms with van der Waals surface area (Å²) in [5, 5.41) is 0. The van der Waals surface area contributed by atoms with E-state index in [1.165, 1.54) is 0 Å². The van der Waals surface area contributed by atoms with Crippen molar-refractivity contribution in [2.24, 2.45) is 0 Å². The van der Waals surface area contributed by atoms with Crippen LogP contribution in [0.2, 0.25) is 0 Å². The summed E-state index contributed by atoms with van der Waals surface area (Å²) in [7, 11) is 0. The van der Waals surface area contributed by atoms with Gasteiger partial charge in [0, 0.05) is 6.07 Å². The van der Waals surface area contributed by atoms with Crippen LogP contribution < -0.4 is 9.47 Å². The second-order valence-electron chi connectivity index (χ2n) is 4.43. The van der Waals surface area contributed by atoms with Gasteiger partial charge < -0.3 is 14.2 Å². The Balaban J connectivity index is 2.01. The predicted molar refractivity (Wildman–Crippen MR) is 66.8 cm³/mol. The lowest BCUT2D eigenvalue weighted by Crippen LogP contribution is -2.14. The van der Waals surface area contributed by atoms with Crippen molar-refractivity contribution in [2.75, 3.05) is 13.4 Å². The Labute approximate surface area is 107 Å². The lowest BCUT2D eigenvalue weighted by atomic mass is 9.96. The van der Waals surface area contributed by atoms with Crippen molar-refractivity contribution in [3.05, 3.63) is 23.8 Å². The standard InChI is InChI=1S/C14H18O4/c1-3-6-16-14(15)7-10(2)12-5-4-11-8-13(12)18-9-17-11/h4-5,8,10H,3,6-7,9H2,1-2H3. The summed E-state index contributed by atoms with van der Waals surface area (Å²) in [6.45, 7) is 4.70. The van der Waals surface area contributed by atoms with Crippen molar-refractivity contribution in [3.8, 4) is 11.5 Å². The molecule has 0 aliphatic carbocycles. The van der Waals surface area contributed by atoms with Gasteiger partial charge in [-0.25, -0.2) is 0 Å². The van der Waals surface area contributed by atoms with Crippen molar-refractivity contribution in [3.63, 3.8) is 0 Å². The van der Waals surface area contributed by atoms with Gasteiger partial charge in [0.05, 0.1) is 13.0 Å². The van der Waals surface area contributed by atoms with Gasteiger partial charge in [0.1, 0.15) is 11.5 Å². The average Bonchev–Trinajstić information content (AvgIpc) is 2.36. The zero-order valence-electron chi connectivity index (χ0n) is 10.8. The molecule has 4 heteroatoms. The summed E-state index contributed by atoms with van der Waals surface area (Å²) in [4.78, 5) is 11.6. The van der Waals surface area contributed by atoms with E-state index in [0.717, 1.165) is 23.5 Å². The Bertz CT molecular complexity index is 428. The summed E-state index contributed by atoms with van der Waals surface area (Å²) in [5.74, 6) is 1.53. The third kappa shape index (κ3) is 2.94. The minimum absolute atomic E-state index is 0.0801. The second kappa shape index (κ2) is 5.76. The molecule has 1 heterocycles. The molecule has 98 valence electrons. The molecule has 1 unspecified atom stereocenters. The zero-order valence-corrected chi connectivity index (χ0v) is 10.8. The number of fused-ring (bicyclic) bond motifs is 2. The van der Waals surface area contributed by atoms with Gasteiger partial charge in [-0.05, 0) is 24.0 Å². The lowest BCUT2D eigenvalue weighted by molar-refractivity contribution is -0.144. The number of hydrogen-bond donors (Lipinski definition) is 0. The minimum Gasteiger partial charge on any atom is -0.466 e. The summed E-state index contributed by atoms with van der Waals surface area (Å²) < 4.78 is 15.8. The van der Waals surface area contributed by atoms with E-state index < -0.39 is 0 Å². The average molecular weight is 250 g/mol. The van der Waals surface area contributed by atoms with Gasteiger partial charge in [-0.2, -0.15) is 0 Å². The number of benzene rings is 1. The molecule has 1 aromatic rings. The van der Waals surface area contributed by atoms with E-state index in [4.69, 9.17) is 14.2 Å². The van der Waals surface area contributed by atoms with Crippen LogP contribution in [0, 0.1) is 0 Å². The Hall–Kier alpha value is -1.71. The maximum Gasteiger partial charge on any atom is 0.306 e. The van der Waals surface area contributed by atoms with Crippen molar-refractivity contribution >= 4 is 5.97 Å². The van der Waals surface area contributed by atoms with Gasteiger partial charge in [-0.1, -0.05) is 19.9 Å². The van der Waals surface area contributed by atoms with E-state index in [9.17, 15) is 4.79 Å². The molecule has 1 aliphatic rings. The fraction of sp³-hybridized carbons (Fsp3) is 0.500. The SMILES string of the molecule is CCCOC(=O)CC(C)c1ccc2cc1OCO2. The zero-order chi connectivity index (χ0) is 13.0. The maximum atomic E-state index is 11.6. The molecule has 0 fully saturated rings. The third-order valence-corrected chi connectivity index (χ3v) is 2.90. The predicted octanol–water partition coefficient (Wildman–Crippen LogP) is 2.86. The molecule has 2 rings (SSSR count). The van der Waals surface area contributed by atoms with Crippen LogP contribution in [-0.4, -0.2) is 19.4 Å². The number of rotatable bonds is 5. The van der Waals surface area contributed by atoms with Crippen LogP contribution >= 0.6 is 0 Å². The largest absolute Gasteiger partial charge is 0.466 e. The third-order valence-electron chi connectivity index (χ3n) is 2.90. The molecule has 0 radical (unpaired) electrons. The van der Waals surface area contributed by atoms with Gasteiger partial charge in [-0.15, -0.1) is 0 Å². The molecule has 1 aliphatic heterocycles. The summed E-state index contributed by atoms with van der Waals surface area (Å²) in [6, 6.07) is 5.70. The van der Waals surface area contributed by atoms with Crippen LogP contribution in [0.15, 0.2) is 18.2 Å². The number of hydrogen-bond acceptors (Lipinski definition) is 4. The highest BCUT2D eigenvalue weighted by molar-refractivity contribution is 5.70. The van der Waals surface area contributed by atoms with Gasteiger partial charge in [-0.3, -0.25) is 4.79 Å². The van der Waals surface area contributed by atoms with E-state index in [2.05, 4.69) is 0 Å². The summed E-state index contributed by atoms with van der Waals surface area (Å²) in [6.07, 6.45) is 1.22. The lowest BCUT2D eigenvalue weighted by Gasteiger charge is -2.21. The van der Waals surface area contributed by atoms with Crippen LogP contribution in [0.25, 0.3) is 0 Å². The Morgan fingerprint density at radius 2 is 2.28 bits per heavy atom. The first-order valence-corrected chi connectivity index (χ1v) is 6.26. The van der Waals surface area contributed by atoms with Gasteiger partial charge >= 0.3 is 5.97 Å². The summed E-state index contributed by atoms with van der Waals surface area (Å²) >= 11 is 0. The minimum atomic E-state index is -0.160. The van der Waals surface area contributed by atoms with Crippen molar-refractivity contribution in [1.82, 2.24) is 0 Å². The van der Waals surface area contributed by atoms with E-state index in [0.29, 0.717) is 13.0 Å². The molecule has 2 bridgehead atoms. The molecule has 18 heavy (non-hydrogen) atoms. The second-order valence-corrected chi connectivity index (χ2v) is 4.43. The highest BCUT2D eigenvalue weighted by Crippen LogP contribution is 2.34. The molecule has 0 N–H and O–H groups in total. The van der Waals surface area contributed by atoms with E-state index in [-0.39, 0.29) is 18.7 Å². The molecule has 4 nitrogen and oxygen atoms in total. The van der Waals surface area contributed by atoms with E-state index >= 15 is 0 Å². The Morgan fingerprint density at radius 3 is 3.06 bits per heavy atom. The van der Waals surface area contributed by atoms with Crippen LogP contribution in [0.4, 0.5) is 0 Å². The van der Waals surface area contributed by atoms with Crippen LogP contribution in [0.1, 0.15) is 38.2 Å². The van der Waals surface area contributed by atoms with Gasteiger partial charge in [0.15, 0.2) is 0 Å². The number of carbonyl (C=O) groups excluding carboxylic acids is 1. The molecule has 0 aromatic heterocycles. The van der Waals surface area contributed by atoms with Crippen LogP contribution in [-0.2, 0) is 9.53 Å². The fourth-order valence-corrected chi connectivity index (χ4v) is 1.93. The molecule has 1 atom stereocenters.